The molecule has 0 heterocycles. The first-order valence-electron chi connectivity index (χ1n) is 6.15. The van der Waals surface area contributed by atoms with Crippen molar-refractivity contribution < 1.29 is 9.47 Å². The summed E-state index contributed by atoms with van der Waals surface area (Å²) in [6.07, 6.45) is 0. The Balaban J connectivity index is 2.82. The molecule has 0 aromatic heterocycles. The van der Waals surface area contributed by atoms with Crippen LogP contribution in [0.25, 0.3) is 0 Å². The highest BCUT2D eigenvalue weighted by atomic mass is 32.1. The van der Waals surface area contributed by atoms with E-state index in [-0.39, 0.29) is 0 Å². The van der Waals surface area contributed by atoms with E-state index in [9.17, 15) is 0 Å². The molecule has 1 rings (SSSR count). The number of ether oxygens (including phenoxy) is 2. The van der Waals surface area contributed by atoms with Gasteiger partial charge in [0.15, 0.2) is 0 Å². The number of methoxy groups -OCH3 is 2. The number of nitrogens with two attached hydrogens (primary N) is 1. The zero-order chi connectivity index (χ0) is 14.4. The summed E-state index contributed by atoms with van der Waals surface area (Å²) in [6.45, 7) is 3.65. The molecule has 1 atom stereocenters. The molecule has 19 heavy (non-hydrogen) atoms. The van der Waals surface area contributed by atoms with E-state index in [1.54, 1.807) is 14.2 Å². The van der Waals surface area contributed by atoms with Crippen LogP contribution in [0.2, 0.25) is 0 Å². The summed E-state index contributed by atoms with van der Waals surface area (Å²) in [5.41, 5.74) is 7.58. The molecule has 0 aliphatic heterocycles. The van der Waals surface area contributed by atoms with Crippen LogP contribution in [0.3, 0.4) is 0 Å². The van der Waals surface area contributed by atoms with E-state index >= 15 is 0 Å². The molecule has 0 spiro atoms. The van der Waals surface area contributed by atoms with E-state index in [1.165, 1.54) is 0 Å². The van der Waals surface area contributed by atoms with E-state index in [0.29, 0.717) is 17.6 Å². The van der Waals surface area contributed by atoms with Gasteiger partial charge in [-0.1, -0.05) is 18.3 Å². The molecular formula is C14H22N2O2S. The first kappa shape index (κ1) is 15.9. The number of hydrogen-bond acceptors (Lipinski definition) is 4. The number of nitrogens with zero attached hydrogens (tertiary/aromatic N) is 1. The van der Waals surface area contributed by atoms with Crippen molar-refractivity contribution in [2.75, 3.05) is 27.9 Å². The molecule has 0 saturated carbocycles. The lowest BCUT2D eigenvalue weighted by atomic mass is 10.1. The van der Waals surface area contributed by atoms with Gasteiger partial charge in [0, 0.05) is 19.7 Å². The molecule has 5 heteroatoms. The second-order valence-electron chi connectivity index (χ2n) is 4.62. The van der Waals surface area contributed by atoms with Crippen LogP contribution in [0.4, 0.5) is 0 Å². The highest BCUT2D eigenvalue weighted by molar-refractivity contribution is 7.80. The molecule has 106 valence electrons. The lowest BCUT2D eigenvalue weighted by Gasteiger charge is -2.24. The minimum absolute atomic E-state index is 0.351. The Kier molecular flexibility index (Phi) is 6.21. The number of hydrogen-bond donors (Lipinski definition) is 1. The lowest BCUT2D eigenvalue weighted by molar-refractivity contribution is 0.112. The Morgan fingerprint density at radius 2 is 2.11 bits per heavy atom. The zero-order valence-electron chi connectivity index (χ0n) is 12.0. The molecule has 0 saturated heterocycles. The molecule has 0 bridgehead atoms. The molecule has 1 unspecified atom stereocenters. The fourth-order valence-electron chi connectivity index (χ4n) is 1.85. The fourth-order valence-corrected chi connectivity index (χ4v) is 2.02. The number of likely N-dealkylation sites (N-methyl/N-ethyl adjacent to an activating group) is 1. The maximum absolute atomic E-state index is 5.65. The molecule has 1 aromatic rings. The monoisotopic (exact) mass is 282 g/mol. The second kappa shape index (κ2) is 7.43. The number of benzene rings is 1. The minimum Gasteiger partial charge on any atom is -0.496 e. The summed E-state index contributed by atoms with van der Waals surface area (Å²) in [5.74, 6) is 0.720. The average Bonchev–Trinajstić information content (AvgIpc) is 2.38. The Morgan fingerprint density at radius 3 is 2.63 bits per heavy atom. The van der Waals surface area contributed by atoms with Gasteiger partial charge >= 0.3 is 0 Å². The highest BCUT2D eigenvalue weighted by Gasteiger charge is 2.11. The van der Waals surface area contributed by atoms with Crippen molar-refractivity contribution in [1.29, 1.82) is 0 Å². The normalized spacial score (nSPS) is 12.5. The summed E-state index contributed by atoms with van der Waals surface area (Å²) >= 11 is 4.99. The van der Waals surface area contributed by atoms with E-state index in [4.69, 9.17) is 27.4 Å². The SMILES string of the molecule is COCC(C)N(C)Cc1ccc(C(N)=S)c(OC)c1. The Hall–Kier alpha value is -1.17. The topological polar surface area (TPSA) is 47.7 Å². The Morgan fingerprint density at radius 1 is 1.42 bits per heavy atom. The van der Waals surface area contributed by atoms with Gasteiger partial charge in [-0.3, -0.25) is 4.90 Å². The van der Waals surface area contributed by atoms with Gasteiger partial charge in [-0.15, -0.1) is 0 Å². The highest BCUT2D eigenvalue weighted by Crippen LogP contribution is 2.21. The van der Waals surface area contributed by atoms with Crippen molar-refractivity contribution in [3.63, 3.8) is 0 Å². The van der Waals surface area contributed by atoms with E-state index in [2.05, 4.69) is 18.9 Å². The molecule has 0 radical (unpaired) electrons. The van der Waals surface area contributed by atoms with Crippen LogP contribution in [0, 0.1) is 0 Å². The number of thiocarbonyl (C=S) groups is 1. The third kappa shape index (κ3) is 4.45. The quantitative estimate of drug-likeness (QED) is 0.773. The third-order valence-electron chi connectivity index (χ3n) is 3.12. The van der Waals surface area contributed by atoms with Crippen molar-refractivity contribution in [3.05, 3.63) is 29.3 Å². The molecular weight excluding hydrogens is 260 g/mol. The molecule has 4 nitrogen and oxygen atoms in total. The van der Waals surface area contributed by atoms with E-state index in [1.807, 2.05) is 18.2 Å². The zero-order valence-corrected chi connectivity index (χ0v) is 12.8. The van der Waals surface area contributed by atoms with Crippen molar-refractivity contribution in [2.24, 2.45) is 5.73 Å². The molecule has 1 aromatic carbocycles. The molecule has 0 fully saturated rings. The molecule has 2 N–H and O–H groups in total. The molecule has 0 amide bonds. The van der Waals surface area contributed by atoms with Crippen LogP contribution in [0.5, 0.6) is 5.75 Å². The van der Waals surface area contributed by atoms with Crippen molar-refractivity contribution in [1.82, 2.24) is 4.90 Å². The van der Waals surface area contributed by atoms with Crippen molar-refractivity contribution >= 4 is 17.2 Å². The van der Waals surface area contributed by atoms with Gasteiger partial charge in [0.25, 0.3) is 0 Å². The smallest absolute Gasteiger partial charge is 0.129 e. The largest absolute Gasteiger partial charge is 0.496 e. The lowest BCUT2D eigenvalue weighted by Crippen LogP contribution is -2.32. The third-order valence-corrected chi connectivity index (χ3v) is 3.34. The standard InChI is InChI=1S/C14H22N2O2S/c1-10(9-17-3)16(2)8-11-5-6-12(14(15)19)13(7-11)18-4/h5-7,10H,8-9H2,1-4H3,(H2,15,19). The van der Waals surface area contributed by atoms with E-state index < -0.39 is 0 Å². The second-order valence-corrected chi connectivity index (χ2v) is 5.06. The van der Waals surface area contributed by atoms with Gasteiger partial charge in [-0.05, 0) is 31.7 Å². The van der Waals surface area contributed by atoms with Gasteiger partial charge in [0.2, 0.25) is 0 Å². The summed E-state index contributed by atoms with van der Waals surface area (Å²) in [5, 5.41) is 0. The molecule has 0 aliphatic rings. The van der Waals surface area contributed by atoms with Crippen molar-refractivity contribution in [3.8, 4) is 5.75 Å². The van der Waals surface area contributed by atoms with Gasteiger partial charge in [-0.25, -0.2) is 0 Å². The summed E-state index contributed by atoms with van der Waals surface area (Å²) in [4.78, 5) is 2.57. The summed E-state index contributed by atoms with van der Waals surface area (Å²) < 4.78 is 10.5. The van der Waals surface area contributed by atoms with Gasteiger partial charge in [0.1, 0.15) is 10.7 Å². The van der Waals surface area contributed by atoms with Crippen LogP contribution in [0.1, 0.15) is 18.1 Å². The first-order valence-corrected chi connectivity index (χ1v) is 6.56. The molecule has 0 aliphatic carbocycles. The van der Waals surface area contributed by atoms with Crippen LogP contribution >= 0.6 is 12.2 Å². The van der Waals surface area contributed by atoms with Crippen LogP contribution in [-0.2, 0) is 11.3 Å². The summed E-state index contributed by atoms with van der Waals surface area (Å²) in [7, 11) is 5.40. The summed E-state index contributed by atoms with van der Waals surface area (Å²) in [6, 6.07) is 6.26. The average molecular weight is 282 g/mol. The van der Waals surface area contributed by atoms with Gasteiger partial charge in [-0.2, -0.15) is 0 Å². The first-order chi connectivity index (χ1) is 8.99. The number of rotatable bonds is 7. The maximum Gasteiger partial charge on any atom is 0.129 e. The Bertz CT molecular complexity index is 437. The van der Waals surface area contributed by atoms with Crippen molar-refractivity contribution in [2.45, 2.75) is 19.5 Å². The Labute approximate surface area is 120 Å². The fraction of sp³-hybridized carbons (Fsp3) is 0.500. The van der Waals surface area contributed by atoms with Gasteiger partial charge in [0.05, 0.1) is 19.3 Å². The van der Waals surface area contributed by atoms with Crippen LogP contribution < -0.4 is 10.5 Å². The van der Waals surface area contributed by atoms with Gasteiger partial charge < -0.3 is 15.2 Å². The van der Waals surface area contributed by atoms with Crippen LogP contribution in [0.15, 0.2) is 18.2 Å². The predicted octanol–water partition coefficient (Wildman–Crippen LogP) is 1.80. The predicted molar refractivity (Wildman–Crippen MR) is 81.7 cm³/mol. The van der Waals surface area contributed by atoms with Crippen LogP contribution in [-0.4, -0.2) is 43.8 Å². The maximum atomic E-state index is 5.65. The minimum atomic E-state index is 0.351. The van der Waals surface area contributed by atoms with E-state index in [0.717, 1.165) is 23.4 Å².